The second-order valence-electron chi connectivity index (χ2n) is 6.63. The molecule has 1 saturated heterocycles. The molecule has 0 bridgehead atoms. The van der Waals surface area contributed by atoms with Gasteiger partial charge in [-0.3, -0.25) is 4.79 Å². The maximum Gasteiger partial charge on any atom is 0.338 e. The van der Waals surface area contributed by atoms with Crippen LogP contribution < -0.4 is 10.1 Å². The summed E-state index contributed by atoms with van der Waals surface area (Å²) in [5, 5.41) is 2.20. The summed E-state index contributed by atoms with van der Waals surface area (Å²) in [4.78, 5) is 24.3. The zero-order chi connectivity index (χ0) is 20.8. The Bertz CT molecular complexity index is 866. The van der Waals surface area contributed by atoms with E-state index in [9.17, 15) is 18.4 Å². The lowest BCUT2D eigenvalue weighted by Gasteiger charge is -2.14. The number of rotatable bonds is 7. The minimum Gasteiger partial charge on any atom is -0.491 e. The smallest absolute Gasteiger partial charge is 0.338 e. The molecule has 8 heteroatoms. The summed E-state index contributed by atoms with van der Waals surface area (Å²) in [5.41, 5.74) is -0.100. The first-order chi connectivity index (χ1) is 13.9. The third kappa shape index (κ3) is 5.74. The van der Waals surface area contributed by atoms with Gasteiger partial charge in [-0.2, -0.15) is 0 Å². The highest BCUT2D eigenvalue weighted by molar-refractivity contribution is 5.97. The van der Waals surface area contributed by atoms with Gasteiger partial charge in [0.15, 0.2) is 6.10 Å². The van der Waals surface area contributed by atoms with Crippen LogP contribution in [0.5, 0.6) is 5.75 Å². The molecule has 0 aliphatic carbocycles. The van der Waals surface area contributed by atoms with Crippen molar-refractivity contribution in [2.75, 3.05) is 18.5 Å². The Morgan fingerprint density at radius 2 is 1.97 bits per heavy atom. The Balaban J connectivity index is 1.51. The molecule has 1 N–H and O–H groups in total. The molecular weight excluding hydrogens is 384 g/mol. The van der Waals surface area contributed by atoms with Crippen LogP contribution in [0.2, 0.25) is 0 Å². The van der Waals surface area contributed by atoms with Crippen LogP contribution in [0.25, 0.3) is 0 Å². The number of esters is 1. The second kappa shape index (κ2) is 9.47. The molecule has 1 aliphatic heterocycles. The zero-order valence-corrected chi connectivity index (χ0v) is 15.8. The van der Waals surface area contributed by atoms with Crippen molar-refractivity contribution in [1.82, 2.24) is 0 Å². The Labute approximate surface area is 166 Å². The van der Waals surface area contributed by atoms with Gasteiger partial charge < -0.3 is 19.5 Å². The lowest BCUT2D eigenvalue weighted by atomic mass is 10.2. The van der Waals surface area contributed by atoms with E-state index in [0.29, 0.717) is 12.4 Å². The van der Waals surface area contributed by atoms with Gasteiger partial charge in [-0.25, -0.2) is 13.6 Å². The second-order valence-corrected chi connectivity index (χ2v) is 6.63. The van der Waals surface area contributed by atoms with Crippen molar-refractivity contribution in [3.05, 3.63) is 59.7 Å². The topological polar surface area (TPSA) is 73.9 Å². The predicted molar refractivity (Wildman–Crippen MR) is 101 cm³/mol. The molecular formula is C21H21F2NO5. The van der Waals surface area contributed by atoms with Crippen LogP contribution in [0.4, 0.5) is 14.5 Å². The van der Waals surface area contributed by atoms with Gasteiger partial charge in [0.2, 0.25) is 0 Å². The Morgan fingerprint density at radius 3 is 2.66 bits per heavy atom. The summed E-state index contributed by atoms with van der Waals surface area (Å²) in [6.07, 6.45) is 0.864. The molecule has 1 amide bonds. The fourth-order valence-electron chi connectivity index (χ4n) is 2.76. The lowest BCUT2D eigenvalue weighted by molar-refractivity contribution is -0.123. The molecule has 2 atom stereocenters. The minimum atomic E-state index is -1.21. The van der Waals surface area contributed by atoms with Crippen LogP contribution in [-0.4, -0.2) is 37.3 Å². The van der Waals surface area contributed by atoms with E-state index in [1.54, 1.807) is 12.1 Å². The number of amides is 1. The number of nitrogens with one attached hydrogen (secondary N) is 1. The molecule has 2 aromatic carbocycles. The first-order valence-corrected chi connectivity index (χ1v) is 9.24. The van der Waals surface area contributed by atoms with Gasteiger partial charge in [-0.05, 0) is 56.2 Å². The molecule has 1 aliphatic rings. The first kappa shape index (κ1) is 20.7. The normalized spacial score (nSPS) is 16.9. The third-order valence-electron chi connectivity index (χ3n) is 4.39. The summed E-state index contributed by atoms with van der Waals surface area (Å²) in [7, 11) is 0. The van der Waals surface area contributed by atoms with Crippen LogP contribution in [0.15, 0.2) is 42.5 Å². The van der Waals surface area contributed by atoms with Crippen LogP contribution in [0, 0.1) is 11.6 Å². The van der Waals surface area contributed by atoms with Gasteiger partial charge in [0, 0.05) is 12.7 Å². The van der Waals surface area contributed by atoms with Crippen molar-refractivity contribution in [2.24, 2.45) is 0 Å². The molecule has 0 saturated carbocycles. The zero-order valence-electron chi connectivity index (χ0n) is 15.8. The molecule has 3 rings (SSSR count). The fraction of sp³-hybridized carbons (Fsp3) is 0.333. The van der Waals surface area contributed by atoms with Crippen LogP contribution in [-0.2, 0) is 14.3 Å². The Hall–Kier alpha value is -3.00. The maximum atomic E-state index is 13.6. The molecule has 1 fully saturated rings. The van der Waals surface area contributed by atoms with E-state index in [-0.39, 0.29) is 17.4 Å². The van der Waals surface area contributed by atoms with E-state index in [1.165, 1.54) is 19.1 Å². The van der Waals surface area contributed by atoms with Crippen molar-refractivity contribution in [2.45, 2.75) is 32.0 Å². The van der Waals surface area contributed by atoms with Crippen molar-refractivity contribution >= 4 is 17.6 Å². The molecule has 2 aromatic rings. The van der Waals surface area contributed by atoms with Crippen LogP contribution in [0.1, 0.15) is 30.1 Å². The molecule has 0 radical (unpaired) electrons. The van der Waals surface area contributed by atoms with Gasteiger partial charge in [0.05, 0.1) is 17.4 Å². The van der Waals surface area contributed by atoms with E-state index in [0.717, 1.165) is 37.6 Å². The number of halogens is 2. The Morgan fingerprint density at radius 1 is 1.21 bits per heavy atom. The minimum absolute atomic E-state index is 0.0851. The van der Waals surface area contributed by atoms with Gasteiger partial charge in [0.1, 0.15) is 24.0 Å². The van der Waals surface area contributed by atoms with E-state index in [1.807, 2.05) is 0 Å². The van der Waals surface area contributed by atoms with Crippen LogP contribution >= 0.6 is 0 Å². The standard InChI is InChI=1S/C21H21F2NO5/c1-13(20(25)24-19-11-15(22)6-9-18(19)23)29-21(26)14-4-7-16(8-5-14)28-12-17-3-2-10-27-17/h4-9,11,13,17H,2-3,10,12H2,1H3,(H,24,25)/t13-,17-/m0/s1. The number of ether oxygens (including phenoxy) is 3. The summed E-state index contributed by atoms with van der Waals surface area (Å²) >= 11 is 0. The molecule has 29 heavy (non-hydrogen) atoms. The van der Waals surface area contributed by atoms with Crippen molar-refractivity contribution in [3.63, 3.8) is 0 Å². The van der Waals surface area contributed by atoms with E-state index < -0.39 is 29.6 Å². The largest absolute Gasteiger partial charge is 0.491 e. The van der Waals surface area contributed by atoms with Crippen molar-refractivity contribution in [3.8, 4) is 5.75 Å². The Kier molecular flexibility index (Phi) is 6.77. The van der Waals surface area contributed by atoms with E-state index in [2.05, 4.69) is 5.32 Å². The summed E-state index contributed by atoms with van der Waals surface area (Å²) in [6, 6.07) is 8.95. The van der Waals surface area contributed by atoms with Crippen molar-refractivity contribution < 1.29 is 32.6 Å². The predicted octanol–water partition coefficient (Wildman–Crippen LogP) is 3.71. The third-order valence-corrected chi connectivity index (χ3v) is 4.39. The number of hydrogen-bond acceptors (Lipinski definition) is 5. The number of benzene rings is 2. The van der Waals surface area contributed by atoms with Gasteiger partial charge >= 0.3 is 5.97 Å². The summed E-state index contributed by atoms with van der Waals surface area (Å²) < 4.78 is 43.0. The van der Waals surface area contributed by atoms with Gasteiger partial charge in [0.25, 0.3) is 5.91 Å². The van der Waals surface area contributed by atoms with E-state index >= 15 is 0 Å². The summed E-state index contributed by atoms with van der Waals surface area (Å²) in [6.45, 7) is 2.53. The number of anilines is 1. The molecule has 0 spiro atoms. The fourth-order valence-corrected chi connectivity index (χ4v) is 2.76. The van der Waals surface area contributed by atoms with Gasteiger partial charge in [-0.1, -0.05) is 0 Å². The van der Waals surface area contributed by atoms with Crippen LogP contribution in [0.3, 0.4) is 0 Å². The maximum absolute atomic E-state index is 13.6. The number of hydrogen-bond donors (Lipinski definition) is 1. The average molecular weight is 405 g/mol. The molecule has 1 heterocycles. The molecule has 0 unspecified atom stereocenters. The summed E-state index contributed by atoms with van der Waals surface area (Å²) in [5.74, 6) is -2.41. The van der Waals surface area contributed by atoms with E-state index in [4.69, 9.17) is 14.2 Å². The highest BCUT2D eigenvalue weighted by Crippen LogP contribution is 2.18. The first-order valence-electron chi connectivity index (χ1n) is 9.24. The number of carbonyl (C=O) groups excluding carboxylic acids is 2. The monoisotopic (exact) mass is 405 g/mol. The quantitative estimate of drug-likeness (QED) is 0.711. The SMILES string of the molecule is C[C@H](OC(=O)c1ccc(OC[C@@H]2CCCO2)cc1)C(=O)Nc1cc(F)ccc1F. The highest BCUT2D eigenvalue weighted by Gasteiger charge is 2.21. The molecule has 6 nitrogen and oxygen atoms in total. The van der Waals surface area contributed by atoms with Gasteiger partial charge in [-0.15, -0.1) is 0 Å². The molecule has 0 aromatic heterocycles. The number of carbonyl (C=O) groups is 2. The molecule has 154 valence electrons. The average Bonchev–Trinajstić information content (AvgIpc) is 3.23. The highest BCUT2D eigenvalue weighted by atomic mass is 19.1. The lowest BCUT2D eigenvalue weighted by Crippen LogP contribution is -2.30. The van der Waals surface area contributed by atoms with Crippen molar-refractivity contribution in [1.29, 1.82) is 0 Å².